The number of hydrogen-bond donors (Lipinski definition) is 4. The molecule has 0 saturated carbocycles. The van der Waals surface area contributed by atoms with Crippen LogP contribution in [-0.4, -0.2) is 118 Å². The minimum absolute atomic E-state index is 0.175. The van der Waals surface area contributed by atoms with Crippen molar-refractivity contribution in [3.8, 4) is 0 Å². The summed E-state index contributed by atoms with van der Waals surface area (Å²) in [5, 5.41) is 36.8. The van der Waals surface area contributed by atoms with Gasteiger partial charge in [-0.25, -0.2) is 0 Å². The molecule has 0 aromatic heterocycles. The zero-order chi connectivity index (χ0) is 21.7. The van der Waals surface area contributed by atoms with Crippen LogP contribution in [0.1, 0.15) is 19.8 Å². The van der Waals surface area contributed by atoms with E-state index in [2.05, 4.69) is 0 Å². The molecule has 0 rings (SSSR count). The predicted molar refractivity (Wildman–Crippen MR) is 92.2 cm³/mol. The normalized spacial score (nSPS) is 10.4. The predicted octanol–water partition coefficient (Wildman–Crippen LogP) is -3.54. The lowest BCUT2D eigenvalue weighted by Crippen LogP contribution is -2.47. The van der Waals surface area contributed by atoms with Gasteiger partial charge in [0.1, 0.15) is 53.2 Å². The Bertz CT molecular complexity index is 528. The van der Waals surface area contributed by atoms with Crippen molar-refractivity contribution < 1.29 is 44.3 Å². The Labute approximate surface area is 162 Å². The molecular formula is C15H28N4O9. The molecule has 0 aromatic rings. The van der Waals surface area contributed by atoms with E-state index in [1.165, 1.54) is 7.11 Å². The van der Waals surface area contributed by atoms with Crippen molar-refractivity contribution in [3.05, 3.63) is 0 Å². The highest BCUT2D eigenvalue weighted by Gasteiger charge is 2.25. The standard InChI is InChI=1S/C15H28N4O9/c1-3-16(7-20)12(24)4-13(25)17(8-21)6-18(9-22)14(26)5-15(27)19(10-23)11-28-2/h20-23H,3-11H2,1-2H3. The third-order valence-electron chi connectivity index (χ3n) is 3.71. The van der Waals surface area contributed by atoms with E-state index in [1.54, 1.807) is 6.92 Å². The van der Waals surface area contributed by atoms with E-state index in [-0.39, 0.29) is 13.3 Å². The fourth-order valence-corrected chi connectivity index (χ4v) is 2.02. The number of amides is 4. The summed E-state index contributed by atoms with van der Waals surface area (Å²) in [7, 11) is 1.29. The minimum Gasteiger partial charge on any atom is -0.376 e. The summed E-state index contributed by atoms with van der Waals surface area (Å²) in [6, 6.07) is 0. The third kappa shape index (κ3) is 8.14. The maximum atomic E-state index is 12.2. The van der Waals surface area contributed by atoms with Crippen molar-refractivity contribution in [1.29, 1.82) is 0 Å². The van der Waals surface area contributed by atoms with Gasteiger partial charge in [0.25, 0.3) is 0 Å². The monoisotopic (exact) mass is 408 g/mol. The van der Waals surface area contributed by atoms with Crippen LogP contribution < -0.4 is 0 Å². The van der Waals surface area contributed by atoms with Gasteiger partial charge in [-0.15, -0.1) is 0 Å². The van der Waals surface area contributed by atoms with Crippen LogP contribution in [0.5, 0.6) is 0 Å². The van der Waals surface area contributed by atoms with Gasteiger partial charge >= 0.3 is 0 Å². The number of carbonyl (C=O) groups is 4. The van der Waals surface area contributed by atoms with E-state index in [1.807, 2.05) is 0 Å². The first-order valence-corrected chi connectivity index (χ1v) is 8.32. The molecule has 0 saturated heterocycles. The van der Waals surface area contributed by atoms with E-state index >= 15 is 0 Å². The quantitative estimate of drug-likeness (QED) is 0.178. The Morgan fingerprint density at radius 2 is 1.04 bits per heavy atom. The van der Waals surface area contributed by atoms with Crippen LogP contribution in [0.25, 0.3) is 0 Å². The first-order valence-electron chi connectivity index (χ1n) is 8.32. The van der Waals surface area contributed by atoms with Gasteiger partial charge in [-0.2, -0.15) is 0 Å². The lowest BCUT2D eigenvalue weighted by atomic mass is 10.3. The van der Waals surface area contributed by atoms with E-state index in [0.29, 0.717) is 4.90 Å². The second kappa shape index (κ2) is 13.8. The smallest absolute Gasteiger partial charge is 0.235 e. The molecule has 0 aliphatic carbocycles. The SMILES string of the molecule is CCN(CO)C(=O)CC(=O)N(CO)CN(CO)C(=O)CC(=O)N(CO)COC. The van der Waals surface area contributed by atoms with Crippen LogP contribution in [0.2, 0.25) is 0 Å². The van der Waals surface area contributed by atoms with Crippen LogP contribution in [-0.2, 0) is 23.9 Å². The van der Waals surface area contributed by atoms with Crippen LogP contribution in [0, 0.1) is 0 Å². The molecule has 0 aliphatic rings. The zero-order valence-electron chi connectivity index (χ0n) is 16.0. The molecule has 0 heterocycles. The topological polar surface area (TPSA) is 171 Å². The average Bonchev–Trinajstić information content (AvgIpc) is 2.67. The number of nitrogens with zero attached hydrogens (tertiary/aromatic N) is 4. The molecule has 0 radical (unpaired) electrons. The van der Waals surface area contributed by atoms with Crippen molar-refractivity contribution in [2.45, 2.75) is 19.8 Å². The molecule has 4 amide bonds. The van der Waals surface area contributed by atoms with Crippen LogP contribution in [0.3, 0.4) is 0 Å². The zero-order valence-corrected chi connectivity index (χ0v) is 16.0. The number of rotatable bonds is 13. The molecule has 13 heteroatoms. The molecule has 162 valence electrons. The molecule has 4 N–H and O–H groups in total. The van der Waals surface area contributed by atoms with Gasteiger partial charge in [0.2, 0.25) is 23.6 Å². The maximum absolute atomic E-state index is 12.2. The average molecular weight is 408 g/mol. The van der Waals surface area contributed by atoms with Crippen molar-refractivity contribution in [1.82, 2.24) is 19.6 Å². The molecule has 0 spiro atoms. The van der Waals surface area contributed by atoms with Gasteiger partial charge < -0.3 is 39.9 Å². The Balaban J connectivity index is 4.94. The fourth-order valence-electron chi connectivity index (χ4n) is 2.02. The largest absolute Gasteiger partial charge is 0.376 e. The molecular weight excluding hydrogens is 380 g/mol. The number of aliphatic hydroxyl groups is 4. The Hall–Kier alpha value is -2.32. The van der Waals surface area contributed by atoms with Crippen molar-refractivity contribution in [3.63, 3.8) is 0 Å². The Morgan fingerprint density at radius 1 is 0.679 bits per heavy atom. The lowest BCUT2D eigenvalue weighted by Gasteiger charge is -2.29. The summed E-state index contributed by atoms with van der Waals surface area (Å²) in [4.78, 5) is 51.4. The van der Waals surface area contributed by atoms with E-state index in [4.69, 9.17) is 14.9 Å². The molecule has 0 unspecified atom stereocenters. The van der Waals surface area contributed by atoms with E-state index < -0.39 is 70.1 Å². The third-order valence-corrected chi connectivity index (χ3v) is 3.71. The van der Waals surface area contributed by atoms with Gasteiger partial charge in [-0.3, -0.25) is 24.1 Å². The molecule has 13 nitrogen and oxygen atoms in total. The summed E-state index contributed by atoms with van der Waals surface area (Å²) in [5.41, 5.74) is 0. The number of ether oxygens (including phenoxy) is 1. The van der Waals surface area contributed by atoms with E-state index in [9.17, 15) is 29.4 Å². The molecule has 28 heavy (non-hydrogen) atoms. The van der Waals surface area contributed by atoms with Gasteiger partial charge in [0, 0.05) is 13.7 Å². The lowest BCUT2D eigenvalue weighted by molar-refractivity contribution is -0.152. The minimum atomic E-state index is -0.870. The summed E-state index contributed by atoms with van der Waals surface area (Å²) in [6.45, 7) is -2.00. The summed E-state index contributed by atoms with van der Waals surface area (Å²) >= 11 is 0. The number of carbonyl (C=O) groups excluding carboxylic acids is 4. The van der Waals surface area contributed by atoms with Crippen molar-refractivity contribution in [2.24, 2.45) is 0 Å². The van der Waals surface area contributed by atoms with Crippen LogP contribution in [0.4, 0.5) is 0 Å². The second-order valence-corrected chi connectivity index (χ2v) is 5.53. The number of aliphatic hydroxyl groups excluding tert-OH is 4. The molecule has 0 atom stereocenters. The number of hydrogen-bond acceptors (Lipinski definition) is 9. The van der Waals surface area contributed by atoms with Crippen molar-refractivity contribution in [2.75, 3.05) is 54.0 Å². The van der Waals surface area contributed by atoms with Gasteiger partial charge in [-0.1, -0.05) is 0 Å². The highest BCUT2D eigenvalue weighted by molar-refractivity contribution is 5.98. The number of methoxy groups -OCH3 is 1. The van der Waals surface area contributed by atoms with Gasteiger partial charge in [0.15, 0.2) is 0 Å². The highest BCUT2D eigenvalue weighted by Crippen LogP contribution is 2.04. The highest BCUT2D eigenvalue weighted by atomic mass is 16.5. The molecule has 0 fully saturated rings. The summed E-state index contributed by atoms with van der Waals surface area (Å²) < 4.78 is 4.70. The van der Waals surface area contributed by atoms with Gasteiger partial charge in [0.05, 0.1) is 0 Å². The summed E-state index contributed by atoms with van der Waals surface area (Å²) in [6.07, 6.45) is -1.38. The van der Waals surface area contributed by atoms with Gasteiger partial charge in [-0.05, 0) is 6.92 Å². The first kappa shape index (κ1) is 25.7. The first-order chi connectivity index (χ1) is 13.3. The maximum Gasteiger partial charge on any atom is 0.235 e. The second-order valence-electron chi connectivity index (χ2n) is 5.53. The van der Waals surface area contributed by atoms with Crippen molar-refractivity contribution >= 4 is 23.6 Å². The Morgan fingerprint density at radius 3 is 1.36 bits per heavy atom. The van der Waals surface area contributed by atoms with Crippen LogP contribution in [0.15, 0.2) is 0 Å². The van der Waals surface area contributed by atoms with Crippen LogP contribution >= 0.6 is 0 Å². The van der Waals surface area contributed by atoms with E-state index in [0.717, 1.165) is 14.7 Å². The molecule has 0 aromatic carbocycles. The fraction of sp³-hybridized carbons (Fsp3) is 0.733. The summed E-state index contributed by atoms with van der Waals surface area (Å²) in [5.74, 6) is -3.16. The molecule has 0 bridgehead atoms. The molecule has 0 aliphatic heterocycles. The Kier molecular flexibility index (Phi) is 12.6.